The number of carbonyl (C=O) groups is 1. The number of rotatable bonds is 5. The standard InChI is InChI=1S/C13H14ClNO4S2/c1-8-13(10-7-9(14)3-4-11(10)20-8)21(18,19)15(2)6-5-12(16)17/h3-4,7H,5-6H2,1-2H3,(H,16,17). The van der Waals surface area contributed by atoms with E-state index in [2.05, 4.69) is 0 Å². The lowest BCUT2D eigenvalue weighted by atomic mass is 10.2. The van der Waals surface area contributed by atoms with Gasteiger partial charge in [0.15, 0.2) is 0 Å². The van der Waals surface area contributed by atoms with E-state index in [9.17, 15) is 13.2 Å². The van der Waals surface area contributed by atoms with Crippen LogP contribution in [0.15, 0.2) is 23.1 Å². The summed E-state index contributed by atoms with van der Waals surface area (Å²) in [7, 11) is -2.36. The van der Waals surface area contributed by atoms with Gasteiger partial charge in [0, 0.05) is 33.6 Å². The minimum Gasteiger partial charge on any atom is -0.481 e. The molecule has 2 aromatic rings. The van der Waals surface area contributed by atoms with E-state index in [1.54, 1.807) is 25.1 Å². The maximum atomic E-state index is 12.6. The highest BCUT2D eigenvalue weighted by Gasteiger charge is 2.27. The second-order valence-corrected chi connectivity index (χ2v) is 8.27. The lowest BCUT2D eigenvalue weighted by molar-refractivity contribution is -0.137. The van der Waals surface area contributed by atoms with Crippen LogP contribution >= 0.6 is 22.9 Å². The maximum absolute atomic E-state index is 12.6. The van der Waals surface area contributed by atoms with Gasteiger partial charge in [-0.2, -0.15) is 0 Å². The summed E-state index contributed by atoms with van der Waals surface area (Å²) in [6.07, 6.45) is -0.238. The van der Waals surface area contributed by atoms with Crippen molar-refractivity contribution in [3.63, 3.8) is 0 Å². The Morgan fingerprint density at radius 2 is 2.10 bits per heavy atom. The molecule has 1 aromatic heterocycles. The van der Waals surface area contributed by atoms with Gasteiger partial charge < -0.3 is 5.11 Å². The summed E-state index contributed by atoms with van der Waals surface area (Å²) in [4.78, 5) is 11.5. The van der Waals surface area contributed by atoms with Crippen LogP contribution in [0.2, 0.25) is 5.02 Å². The smallest absolute Gasteiger partial charge is 0.304 e. The van der Waals surface area contributed by atoms with Crippen molar-refractivity contribution < 1.29 is 18.3 Å². The highest BCUT2D eigenvalue weighted by Crippen LogP contribution is 2.36. The topological polar surface area (TPSA) is 74.7 Å². The molecule has 0 saturated heterocycles. The first-order chi connectivity index (χ1) is 9.73. The molecule has 0 aliphatic heterocycles. The number of thiophene rings is 1. The van der Waals surface area contributed by atoms with Crippen LogP contribution in [0.5, 0.6) is 0 Å². The van der Waals surface area contributed by atoms with E-state index >= 15 is 0 Å². The van der Waals surface area contributed by atoms with E-state index in [0.717, 1.165) is 9.01 Å². The van der Waals surface area contributed by atoms with Gasteiger partial charge in [0.05, 0.1) is 6.42 Å². The summed E-state index contributed by atoms with van der Waals surface area (Å²) in [5.74, 6) is -1.04. The molecular formula is C13H14ClNO4S2. The first-order valence-corrected chi connectivity index (χ1v) is 8.73. The molecule has 8 heteroatoms. The minimum atomic E-state index is -3.74. The van der Waals surface area contributed by atoms with Crippen LogP contribution in [-0.4, -0.2) is 37.4 Å². The number of fused-ring (bicyclic) bond motifs is 1. The lowest BCUT2D eigenvalue weighted by Crippen LogP contribution is -2.29. The van der Waals surface area contributed by atoms with E-state index in [0.29, 0.717) is 15.3 Å². The van der Waals surface area contributed by atoms with Crippen molar-refractivity contribution in [3.05, 3.63) is 28.1 Å². The number of hydrogen-bond acceptors (Lipinski definition) is 4. The second kappa shape index (κ2) is 5.92. The Bertz CT molecular complexity index is 798. The monoisotopic (exact) mass is 347 g/mol. The van der Waals surface area contributed by atoms with Crippen LogP contribution in [0.1, 0.15) is 11.3 Å². The molecule has 21 heavy (non-hydrogen) atoms. The Kier molecular flexibility index (Phi) is 4.57. The van der Waals surface area contributed by atoms with Crippen molar-refractivity contribution in [2.45, 2.75) is 18.2 Å². The summed E-state index contributed by atoms with van der Waals surface area (Å²) < 4.78 is 27.2. The summed E-state index contributed by atoms with van der Waals surface area (Å²) in [6, 6.07) is 5.12. The van der Waals surface area contributed by atoms with Gasteiger partial charge >= 0.3 is 5.97 Å². The average molecular weight is 348 g/mol. The maximum Gasteiger partial charge on any atom is 0.304 e. The van der Waals surface area contributed by atoms with Crippen LogP contribution in [0, 0.1) is 6.92 Å². The van der Waals surface area contributed by atoms with Crippen molar-refractivity contribution in [2.75, 3.05) is 13.6 Å². The molecule has 0 fully saturated rings. The van der Waals surface area contributed by atoms with Crippen molar-refractivity contribution >= 4 is 49.0 Å². The molecule has 0 aliphatic rings. The molecule has 0 atom stereocenters. The number of aliphatic carboxylic acids is 1. The first-order valence-electron chi connectivity index (χ1n) is 6.10. The first kappa shape index (κ1) is 16.2. The van der Waals surface area contributed by atoms with Crippen molar-refractivity contribution in [1.82, 2.24) is 4.31 Å². The number of carboxylic acid groups (broad SMARTS) is 1. The number of aryl methyl sites for hydroxylation is 1. The molecule has 0 spiro atoms. The molecule has 1 heterocycles. The Labute approximate surface area is 131 Å². The molecule has 1 aromatic carbocycles. The van der Waals surface area contributed by atoms with Gasteiger partial charge in [-0.15, -0.1) is 11.3 Å². The zero-order chi connectivity index (χ0) is 15.8. The van der Waals surface area contributed by atoms with E-state index < -0.39 is 16.0 Å². The van der Waals surface area contributed by atoms with Gasteiger partial charge in [-0.3, -0.25) is 4.79 Å². The van der Waals surface area contributed by atoms with Crippen molar-refractivity contribution in [2.24, 2.45) is 0 Å². The van der Waals surface area contributed by atoms with Gasteiger partial charge in [0.25, 0.3) is 0 Å². The van der Waals surface area contributed by atoms with Crippen molar-refractivity contribution in [1.29, 1.82) is 0 Å². The fourth-order valence-corrected chi connectivity index (χ4v) is 5.09. The van der Waals surface area contributed by atoms with Gasteiger partial charge in [-0.05, 0) is 25.1 Å². The number of halogens is 1. The third-order valence-corrected chi connectivity index (χ3v) is 6.57. The predicted octanol–water partition coefficient (Wildman–Crippen LogP) is 2.96. The highest BCUT2D eigenvalue weighted by atomic mass is 35.5. The van der Waals surface area contributed by atoms with Gasteiger partial charge in [-0.1, -0.05) is 11.6 Å². The quantitative estimate of drug-likeness (QED) is 0.902. The van der Waals surface area contributed by atoms with E-state index in [-0.39, 0.29) is 17.9 Å². The summed E-state index contributed by atoms with van der Waals surface area (Å²) in [5.41, 5.74) is 0. The van der Waals surface area contributed by atoms with Crippen LogP contribution in [0.3, 0.4) is 0 Å². The van der Waals surface area contributed by atoms with E-state index in [1.807, 2.05) is 0 Å². The Morgan fingerprint density at radius 1 is 1.43 bits per heavy atom. The highest BCUT2D eigenvalue weighted by molar-refractivity contribution is 7.89. The molecule has 1 N–H and O–H groups in total. The van der Waals surface area contributed by atoms with Gasteiger partial charge in [-0.25, -0.2) is 12.7 Å². The van der Waals surface area contributed by atoms with E-state index in [4.69, 9.17) is 16.7 Å². The molecule has 0 aliphatic carbocycles. The molecule has 114 valence electrons. The SMILES string of the molecule is Cc1sc2ccc(Cl)cc2c1S(=O)(=O)N(C)CCC(=O)O. The molecule has 0 radical (unpaired) electrons. The zero-order valence-corrected chi connectivity index (χ0v) is 13.8. The minimum absolute atomic E-state index is 0.0744. The second-order valence-electron chi connectivity index (χ2n) is 4.60. The van der Waals surface area contributed by atoms with Gasteiger partial charge in [0.2, 0.25) is 10.0 Å². The number of hydrogen-bond donors (Lipinski definition) is 1. The van der Waals surface area contributed by atoms with Gasteiger partial charge in [0.1, 0.15) is 4.90 Å². The molecule has 0 unspecified atom stereocenters. The Hall–Kier alpha value is -1.15. The van der Waals surface area contributed by atoms with Crippen molar-refractivity contribution in [3.8, 4) is 0 Å². The normalized spacial score (nSPS) is 12.2. The summed E-state index contributed by atoms with van der Waals surface area (Å²) in [5, 5.41) is 9.72. The summed E-state index contributed by atoms with van der Waals surface area (Å²) in [6.45, 7) is 1.66. The van der Waals surface area contributed by atoms with Crippen LogP contribution < -0.4 is 0 Å². The molecule has 0 bridgehead atoms. The fraction of sp³-hybridized carbons (Fsp3) is 0.308. The Morgan fingerprint density at radius 3 is 2.71 bits per heavy atom. The zero-order valence-electron chi connectivity index (χ0n) is 11.5. The third kappa shape index (κ3) is 3.21. The number of nitrogens with zero attached hydrogens (tertiary/aromatic N) is 1. The Balaban J connectivity index is 2.51. The number of benzene rings is 1. The largest absolute Gasteiger partial charge is 0.481 e. The lowest BCUT2D eigenvalue weighted by Gasteiger charge is -2.16. The molecule has 2 rings (SSSR count). The number of carboxylic acids is 1. The van der Waals surface area contributed by atoms with Crippen LogP contribution in [-0.2, 0) is 14.8 Å². The third-order valence-electron chi connectivity index (χ3n) is 3.08. The predicted molar refractivity (Wildman–Crippen MR) is 83.6 cm³/mol. The molecule has 0 amide bonds. The van der Waals surface area contributed by atoms with E-state index in [1.165, 1.54) is 18.4 Å². The van der Waals surface area contributed by atoms with Crippen LogP contribution in [0.4, 0.5) is 0 Å². The molecule has 5 nitrogen and oxygen atoms in total. The molecule has 0 saturated carbocycles. The average Bonchev–Trinajstić information content (AvgIpc) is 2.71. The molecular weight excluding hydrogens is 334 g/mol. The fourth-order valence-electron chi connectivity index (χ4n) is 2.02. The van der Waals surface area contributed by atoms with Crippen LogP contribution in [0.25, 0.3) is 10.1 Å². The summed E-state index contributed by atoms with van der Waals surface area (Å²) >= 11 is 7.33. The number of sulfonamides is 1.